The lowest BCUT2D eigenvalue weighted by molar-refractivity contribution is -0.196. The molecule has 0 unspecified atom stereocenters. The van der Waals surface area contributed by atoms with Crippen molar-refractivity contribution in [1.82, 2.24) is 0 Å². The quantitative estimate of drug-likeness (QED) is 0.677. The molecule has 1 rings (SSSR count). The van der Waals surface area contributed by atoms with E-state index in [9.17, 15) is 13.6 Å². The molecule has 3 nitrogen and oxygen atoms in total. The molecule has 0 atom stereocenters. The number of rotatable bonds is 3. The second-order valence-corrected chi connectivity index (χ2v) is 3.27. The van der Waals surface area contributed by atoms with E-state index in [1.54, 1.807) is 0 Å². The SMILES string of the molecule is O=C(O)C1(CCO)CC(F)(F)C1. The van der Waals surface area contributed by atoms with E-state index >= 15 is 0 Å². The molecule has 0 aliphatic heterocycles. The van der Waals surface area contributed by atoms with Gasteiger partial charge < -0.3 is 10.2 Å². The summed E-state index contributed by atoms with van der Waals surface area (Å²) in [6, 6.07) is 0. The highest BCUT2D eigenvalue weighted by Crippen LogP contribution is 2.53. The molecule has 1 fully saturated rings. The molecule has 1 aliphatic carbocycles. The molecule has 0 aromatic heterocycles. The van der Waals surface area contributed by atoms with Crippen molar-refractivity contribution in [1.29, 1.82) is 0 Å². The van der Waals surface area contributed by atoms with Gasteiger partial charge in [0.05, 0.1) is 5.41 Å². The third-order valence-corrected chi connectivity index (χ3v) is 2.24. The van der Waals surface area contributed by atoms with Gasteiger partial charge in [-0.25, -0.2) is 8.78 Å². The summed E-state index contributed by atoms with van der Waals surface area (Å²) in [4.78, 5) is 10.5. The van der Waals surface area contributed by atoms with Crippen molar-refractivity contribution in [2.24, 2.45) is 5.41 Å². The Hall–Kier alpha value is -0.710. The average Bonchev–Trinajstić information content (AvgIpc) is 1.83. The van der Waals surface area contributed by atoms with Crippen LogP contribution < -0.4 is 0 Å². The zero-order chi connectivity index (χ0) is 9.41. The molecule has 0 amide bonds. The number of carbonyl (C=O) groups is 1. The highest BCUT2D eigenvalue weighted by atomic mass is 19.3. The Morgan fingerprint density at radius 2 is 1.92 bits per heavy atom. The molecule has 0 aromatic carbocycles. The third kappa shape index (κ3) is 1.41. The van der Waals surface area contributed by atoms with Crippen LogP contribution >= 0.6 is 0 Å². The Labute approximate surface area is 68.0 Å². The predicted octanol–water partition coefficient (Wildman–Crippen LogP) is 0.869. The van der Waals surface area contributed by atoms with Crippen LogP contribution in [0.15, 0.2) is 0 Å². The predicted molar refractivity (Wildman–Crippen MR) is 36.0 cm³/mol. The summed E-state index contributed by atoms with van der Waals surface area (Å²) in [6.45, 7) is -0.359. The van der Waals surface area contributed by atoms with Gasteiger partial charge in [0.25, 0.3) is 0 Å². The van der Waals surface area contributed by atoms with Crippen LogP contribution in [0.25, 0.3) is 0 Å². The first-order chi connectivity index (χ1) is 5.42. The molecule has 0 bridgehead atoms. The van der Waals surface area contributed by atoms with E-state index in [0.29, 0.717) is 0 Å². The van der Waals surface area contributed by atoms with E-state index in [1.165, 1.54) is 0 Å². The van der Waals surface area contributed by atoms with E-state index < -0.39 is 30.1 Å². The van der Waals surface area contributed by atoms with Crippen molar-refractivity contribution in [3.8, 4) is 0 Å². The minimum atomic E-state index is -2.85. The topological polar surface area (TPSA) is 57.5 Å². The van der Waals surface area contributed by atoms with Crippen LogP contribution in [-0.2, 0) is 4.79 Å². The molecular formula is C7H10F2O3. The zero-order valence-electron chi connectivity index (χ0n) is 6.39. The van der Waals surface area contributed by atoms with Crippen molar-refractivity contribution >= 4 is 5.97 Å². The molecule has 1 saturated carbocycles. The lowest BCUT2D eigenvalue weighted by Gasteiger charge is -2.43. The van der Waals surface area contributed by atoms with Crippen LogP contribution in [0.5, 0.6) is 0 Å². The van der Waals surface area contributed by atoms with Crippen LogP contribution in [0.3, 0.4) is 0 Å². The molecule has 12 heavy (non-hydrogen) atoms. The Bertz CT molecular complexity index is 195. The highest BCUT2D eigenvalue weighted by molar-refractivity contribution is 5.76. The molecule has 2 N–H and O–H groups in total. The number of aliphatic hydroxyl groups is 1. The Balaban J connectivity index is 2.62. The molecular weight excluding hydrogens is 170 g/mol. The van der Waals surface area contributed by atoms with Crippen LogP contribution in [0.1, 0.15) is 19.3 Å². The van der Waals surface area contributed by atoms with Gasteiger partial charge in [0.1, 0.15) is 0 Å². The summed E-state index contributed by atoms with van der Waals surface area (Å²) in [5.74, 6) is -4.09. The number of aliphatic carboxylic acids is 1. The lowest BCUT2D eigenvalue weighted by Crippen LogP contribution is -2.51. The van der Waals surface area contributed by atoms with E-state index in [2.05, 4.69) is 0 Å². The van der Waals surface area contributed by atoms with Gasteiger partial charge in [-0.05, 0) is 6.42 Å². The lowest BCUT2D eigenvalue weighted by atomic mass is 9.64. The van der Waals surface area contributed by atoms with E-state index in [0.717, 1.165) is 0 Å². The first kappa shape index (κ1) is 9.38. The zero-order valence-corrected chi connectivity index (χ0v) is 6.39. The summed E-state index contributed by atoms with van der Waals surface area (Å²) < 4.78 is 24.7. The molecule has 0 radical (unpaired) electrons. The number of carboxylic acid groups (broad SMARTS) is 1. The van der Waals surface area contributed by atoms with Gasteiger partial charge in [-0.1, -0.05) is 0 Å². The van der Waals surface area contributed by atoms with E-state index in [1.807, 2.05) is 0 Å². The van der Waals surface area contributed by atoms with E-state index in [4.69, 9.17) is 10.2 Å². The van der Waals surface area contributed by atoms with Crippen molar-refractivity contribution in [2.75, 3.05) is 6.61 Å². The summed E-state index contributed by atoms with van der Waals surface area (Å²) in [7, 11) is 0. The number of hydrogen-bond acceptors (Lipinski definition) is 2. The molecule has 1 aliphatic rings. The van der Waals surface area contributed by atoms with Crippen molar-refractivity contribution in [3.05, 3.63) is 0 Å². The van der Waals surface area contributed by atoms with Gasteiger partial charge in [-0.15, -0.1) is 0 Å². The first-order valence-corrected chi connectivity index (χ1v) is 3.64. The normalized spacial score (nSPS) is 24.6. The number of aliphatic hydroxyl groups excluding tert-OH is 1. The van der Waals surface area contributed by atoms with Crippen molar-refractivity contribution < 1.29 is 23.8 Å². The van der Waals surface area contributed by atoms with Gasteiger partial charge in [0, 0.05) is 19.4 Å². The van der Waals surface area contributed by atoms with Crippen LogP contribution in [-0.4, -0.2) is 28.7 Å². The van der Waals surface area contributed by atoms with Crippen LogP contribution in [0.4, 0.5) is 8.78 Å². The van der Waals surface area contributed by atoms with Gasteiger partial charge in [-0.2, -0.15) is 0 Å². The Kier molecular flexibility index (Phi) is 2.07. The first-order valence-electron chi connectivity index (χ1n) is 3.64. The maximum absolute atomic E-state index is 12.4. The maximum Gasteiger partial charge on any atom is 0.310 e. The highest BCUT2D eigenvalue weighted by Gasteiger charge is 2.60. The van der Waals surface area contributed by atoms with Gasteiger partial charge >= 0.3 is 5.97 Å². The number of halogens is 2. The Morgan fingerprint density at radius 1 is 1.42 bits per heavy atom. The second kappa shape index (κ2) is 2.65. The molecule has 0 spiro atoms. The minimum absolute atomic E-state index is 0.0854. The van der Waals surface area contributed by atoms with Crippen molar-refractivity contribution in [2.45, 2.75) is 25.2 Å². The largest absolute Gasteiger partial charge is 0.481 e. The number of carboxylic acids is 1. The summed E-state index contributed by atoms with van der Waals surface area (Å²) >= 11 is 0. The molecule has 5 heteroatoms. The number of hydrogen-bond donors (Lipinski definition) is 2. The van der Waals surface area contributed by atoms with Gasteiger partial charge in [-0.3, -0.25) is 4.79 Å². The second-order valence-electron chi connectivity index (χ2n) is 3.27. The minimum Gasteiger partial charge on any atom is -0.481 e. The fourth-order valence-electron chi connectivity index (χ4n) is 1.59. The Morgan fingerprint density at radius 3 is 2.17 bits per heavy atom. The average molecular weight is 180 g/mol. The summed E-state index contributed by atoms with van der Waals surface area (Å²) in [5.41, 5.74) is -1.38. The standard InChI is InChI=1S/C7H10F2O3/c8-7(9)3-6(4-7,1-2-10)5(11)12/h10H,1-4H2,(H,11,12). The maximum atomic E-state index is 12.4. The smallest absolute Gasteiger partial charge is 0.310 e. The molecule has 70 valence electrons. The van der Waals surface area contributed by atoms with Gasteiger partial charge in [0.15, 0.2) is 0 Å². The number of alkyl halides is 2. The van der Waals surface area contributed by atoms with Crippen LogP contribution in [0, 0.1) is 5.41 Å². The fraction of sp³-hybridized carbons (Fsp3) is 0.857. The molecule has 0 saturated heterocycles. The monoisotopic (exact) mass is 180 g/mol. The van der Waals surface area contributed by atoms with Crippen LogP contribution in [0.2, 0.25) is 0 Å². The molecule has 0 aromatic rings. The molecule has 0 heterocycles. The summed E-state index contributed by atoms with van der Waals surface area (Å²) in [5, 5.41) is 17.1. The van der Waals surface area contributed by atoms with Crippen molar-refractivity contribution in [3.63, 3.8) is 0 Å². The third-order valence-electron chi connectivity index (χ3n) is 2.24. The van der Waals surface area contributed by atoms with E-state index in [-0.39, 0.29) is 13.0 Å². The fourth-order valence-corrected chi connectivity index (χ4v) is 1.59. The summed E-state index contributed by atoms with van der Waals surface area (Å²) in [6.07, 6.45) is -1.37. The van der Waals surface area contributed by atoms with Gasteiger partial charge in [0.2, 0.25) is 5.92 Å².